The van der Waals surface area contributed by atoms with Gasteiger partial charge < -0.3 is 5.32 Å². The molecule has 2 aromatic heterocycles. The fraction of sp³-hybridized carbons (Fsp3) is 0.462. The summed E-state index contributed by atoms with van der Waals surface area (Å²) in [6, 6.07) is 0. The van der Waals surface area contributed by atoms with Gasteiger partial charge >= 0.3 is 0 Å². The molecule has 5 nitrogen and oxygen atoms in total. The molecule has 0 bridgehead atoms. The van der Waals surface area contributed by atoms with Gasteiger partial charge in [0, 0.05) is 17.5 Å². The van der Waals surface area contributed by atoms with Crippen molar-refractivity contribution in [3.05, 3.63) is 17.8 Å². The molecule has 102 valence electrons. The Morgan fingerprint density at radius 3 is 3.11 bits per heavy atom. The number of thiazole rings is 1. The van der Waals surface area contributed by atoms with E-state index < -0.39 is 0 Å². The molecular formula is C13H18N4OS. The smallest absolute Gasteiger partial charge is 0.227 e. The van der Waals surface area contributed by atoms with Gasteiger partial charge in [-0.15, -0.1) is 11.3 Å². The topological polar surface area (TPSA) is 70.7 Å². The summed E-state index contributed by atoms with van der Waals surface area (Å²) < 4.78 is 0. The number of aromatic amines is 1. The maximum Gasteiger partial charge on any atom is 0.227 e. The van der Waals surface area contributed by atoms with Crippen LogP contribution < -0.4 is 5.32 Å². The average molecular weight is 278 g/mol. The largest absolute Gasteiger partial charge is 0.323 e. The molecule has 2 rings (SSSR count). The molecule has 0 saturated carbocycles. The standard InChI is InChI=1S/C13H18N4OS/c1-3-4-5-9(2)12(18)16-10-8-15-17-11(10)13-14-6-7-19-13/h6-9H,3-5H2,1-2H3,(H,15,17)(H,16,18)/t9-/m1/s1. The Kier molecular flexibility index (Phi) is 4.68. The number of nitrogens with one attached hydrogen (secondary N) is 2. The molecular weight excluding hydrogens is 260 g/mol. The molecule has 0 fully saturated rings. The highest BCUT2D eigenvalue weighted by Crippen LogP contribution is 2.27. The summed E-state index contributed by atoms with van der Waals surface area (Å²) in [6.07, 6.45) is 6.44. The second kappa shape index (κ2) is 6.47. The lowest BCUT2D eigenvalue weighted by Crippen LogP contribution is -2.20. The van der Waals surface area contributed by atoms with Crippen molar-refractivity contribution >= 4 is 22.9 Å². The summed E-state index contributed by atoms with van der Waals surface area (Å²) in [6.45, 7) is 4.08. The highest BCUT2D eigenvalue weighted by molar-refractivity contribution is 7.13. The number of unbranched alkanes of at least 4 members (excludes halogenated alkanes) is 1. The summed E-state index contributed by atoms with van der Waals surface area (Å²) in [5.74, 6) is 0.0478. The second-order valence-electron chi connectivity index (χ2n) is 4.53. The third kappa shape index (κ3) is 3.41. The zero-order valence-corrected chi connectivity index (χ0v) is 12.0. The first-order valence-corrected chi connectivity index (χ1v) is 7.34. The lowest BCUT2D eigenvalue weighted by molar-refractivity contribution is -0.119. The van der Waals surface area contributed by atoms with Crippen LogP contribution in [0.1, 0.15) is 33.1 Å². The minimum absolute atomic E-state index is 0.0130. The number of H-pyrrole nitrogens is 1. The van der Waals surface area contributed by atoms with Crippen LogP contribution in [0.4, 0.5) is 5.69 Å². The summed E-state index contributed by atoms with van der Waals surface area (Å²) in [5, 5.41) is 12.5. The molecule has 0 aliphatic rings. The second-order valence-corrected chi connectivity index (χ2v) is 5.42. The summed E-state index contributed by atoms with van der Waals surface area (Å²) in [5.41, 5.74) is 1.47. The van der Waals surface area contributed by atoms with Gasteiger partial charge in [-0.05, 0) is 6.42 Å². The normalized spacial score (nSPS) is 12.3. The van der Waals surface area contributed by atoms with E-state index >= 15 is 0 Å². The number of nitrogens with zero attached hydrogens (tertiary/aromatic N) is 2. The Balaban J connectivity index is 2.04. The fourth-order valence-corrected chi connectivity index (χ4v) is 2.43. The monoisotopic (exact) mass is 278 g/mol. The van der Waals surface area contributed by atoms with Gasteiger partial charge in [0.05, 0.1) is 11.9 Å². The van der Waals surface area contributed by atoms with Gasteiger partial charge in [0.15, 0.2) is 0 Å². The Hall–Kier alpha value is -1.69. The first-order chi connectivity index (χ1) is 9.22. The summed E-state index contributed by atoms with van der Waals surface area (Å²) in [4.78, 5) is 16.3. The van der Waals surface area contributed by atoms with Crippen molar-refractivity contribution in [3.63, 3.8) is 0 Å². The van der Waals surface area contributed by atoms with Gasteiger partial charge in [-0.1, -0.05) is 26.7 Å². The van der Waals surface area contributed by atoms with Crippen molar-refractivity contribution in [1.29, 1.82) is 0 Å². The molecule has 2 aromatic rings. The van der Waals surface area contributed by atoms with Crippen molar-refractivity contribution in [2.75, 3.05) is 5.32 Å². The van der Waals surface area contributed by atoms with E-state index in [1.807, 2.05) is 12.3 Å². The molecule has 0 radical (unpaired) electrons. The van der Waals surface area contributed by atoms with Crippen LogP contribution in [0, 0.1) is 5.92 Å². The molecule has 1 atom stereocenters. The first kappa shape index (κ1) is 13.7. The van der Waals surface area contributed by atoms with Crippen LogP contribution in [-0.4, -0.2) is 21.1 Å². The van der Waals surface area contributed by atoms with Gasteiger partial charge in [0.2, 0.25) is 5.91 Å². The van der Waals surface area contributed by atoms with E-state index in [1.54, 1.807) is 12.4 Å². The Bertz CT molecular complexity index is 520. The Morgan fingerprint density at radius 1 is 1.58 bits per heavy atom. The van der Waals surface area contributed by atoms with E-state index in [9.17, 15) is 4.79 Å². The van der Waals surface area contributed by atoms with E-state index in [2.05, 4.69) is 27.4 Å². The number of anilines is 1. The molecule has 0 unspecified atom stereocenters. The van der Waals surface area contributed by atoms with Crippen molar-refractivity contribution in [1.82, 2.24) is 15.2 Å². The molecule has 0 spiro atoms. The lowest BCUT2D eigenvalue weighted by atomic mass is 10.0. The van der Waals surface area contributed by atoms with Crippen molar-refractivity contribution < 1.29 is 4.79 Å². The van der Waals surface area contributed by atoms with Gasteiger partial charge in [0.1, 0.15) is 10.7 Å². The zero-order valence-electron chi connectivity index (χ0n) is 11.1. The molecule has 0 saturated heterocycles. The lowest BCUT2D eigenvalue weighted by Gasteiger charge is -2.11. The first-order valence-electron chi connectivity index (χ1n) is 6.46. The van der Waals surface area contributed by atoms with Crippen molar-refractivity contribution in [2.45, 2.75) is 33.1 Å². The SMILES string of the molecule is CCCC[C@@H](C)C(=O)Nc1cn[nH]c1-c1nccs1. The molecule has 2 N–H and O–H groups in total. The number of carbonyl (C=O) groups excluding carboxylic acids is 1. The van der Waals surface area contributed by atoms with Crippen LogP contribution in [0.5, 0.6) is 0 Å². The minimum atomic E-state index is 0.0130. The van der Waals surface area contributed by atoms with Crippen LogP contribution in [-0.2, 0) is 4.79 Å². The number of aromatic nitrogens is 3. The number of hydrogen-bond acceptors (Lipinski definition) is 4. The number of carbonyl (C=O) groups is 1. The predicted octanol–water partition coefficient (Wildman–Crippen LogP) is 3.30. The van der Waals surface area contributed by atoms with Crippen LogP contribution in [0.2, 0.25) is 0 Å². The highest BCUT2D eigenvalue weighted by atomic mass is 32.1. The van der Waals surface area contributed by atoms with E-state index in [-0.39, 0.29) is 11.8 Å². The third-order valence-electron chi connectivity index (χ3n) is 2.98. The Morgan fingerprint density at radius 2 is 2.42 bits per heavy atom. The zero-order chi connectivity index (χ0) is 13.7. The minimum Gasteiger partial charge on any atom is -0.323 e. The van der Waals surface area contributed by atoms with E-state index in [1.165, 1.54) is 11.3 Å². The van der Waals surface area contributed by atoms with Crippen LogP contribution in [0.25, 0.3) is 10.7 Å². The Labute approximate surface area is 116 Å². The van der Waals surface area contributed by atoms with Crippen molar-refractivity contribution in [2.24, 2.45) is 5.92 Å². The van der Waals surface area contributed by atoms with Crippen LogP contribution in [0.15, 0.2) is 17.8 Å². The summed E-state index contributed by atoms with van der Waals surface area (Å²) in [7, 11) is 0. The van der Waals surface area contributed by atoms with Gasteiger partial charge in [0.25, 0.3) is 0 Å². The molecule has 0 aliphatic carbocycles. The summed E-state index contributed by atoms with van der Waals surface area (Å²) >= 11 is 1.51. The molecule has 6 heteroatoms. The van der Waals surface area contributed by atoms with E-state index in [0.29, 0.717) is 5.69 Å². The highest BCUT2D eigenvalue weighted by Gasteiger charge is 2.16. The van der Waals surface area contributed by atoms with Crippen LogP contribution >= 0.6 is 11.3 Å². The number of hydrogen-bond donors (Lipinski definition) is 2. The molecule has 0 aliphatic heterocycles. The molecule has 2 heterocycles. The maximum absolute atomic E-state index is 12.1. The number of rotatable bonds is 6. The van der Waals surface area contributed by atoms with Gasteiger partial charge in [-0.25, -0.2) is 4.98 Å². The molecule has 19 heavy (non-hydrogen) atoms. The van der Waals surface area contributed by atoms with E-state index in [0.717, 1.165) is 30.0 Å². The quantitative estimate of drug-likeness (QED) is 0.851. The predicted molar refractivity (Wildman–Crippen MR) is 77.0 cm³/mol. The van der Waals surface area contributed by atoms with E-state index in [4.69, 9.17) is 0 Å². The fourth-order valence-electron chi connectivity index (χ4n) is 1.79. The maximum atomic E-state index is 12.1. The number of amides is 1. The molecule has 0 aromatic carbocycles. The molecule has 1 amide bonds. The average Bonchev–Trinajstić information content (AvgIpc) is 3.05. The van der Waals surface area contributed by atoms with Gasteiger partial charge in [-0.3, -0.25) is 9.89 Å². The van der Waals surface area contributed by atoms with Gasteiger partial charge in [-0.2, -0.15) is 5.10 Å². The van der Waals surface area contributed by atoms with Crippen LogP contribution in [0.3, 0.4) is 0 Å². The third-order valence-corrected chi connectivity index (χ3v) is 3.77. The van der Waals surface area contributed by atoms with Crippen molar-refractivity contribution in [3.8, 4) is 10.7 Å².